The van der Waals surface area contributed by atoms with Crippen molar-refractivity contribution < 1.29 is 9.90 Å². The van der Waals surface area contributed by atoms with Gasteiger partial charge in [-0.1, -0.05) is 39.5 Å². The number of rotatable bonds is 4. The molecule has 1 aliphatic rings. The first-order valence-corrected chi connectivity index (χ1v) is 6.40. The van der Waals surface area contributed by atoms with Gasteiger partial charge in [-0.05, 0) is 31.6 Å². The molecule has 0 radical (unpaired) electrons. The SMILES string of the molecule is CCC(CC)(C(=O)O)C1CCCCCC1. The van der Waals surface area contributed by atoms with E-state index in [-0.39, 0.29) is 0 Å². The molecule has 0 heterocycles. The fourth-order valence-corrected chi connectivity index (χ4v) is 3.14. The standard InChI is InChI=1S/C13H24O2/c1-3-13(4-2,12(14)15)11-9-7-5-6-8-10-11/h11H,3-10H2,1-2H3,(H,14,15). The van der Waals surface area contributed by atoms with E-state index in [2.05, 4.69) is 0 Å². The summed E-state index contributed by atoms with van der Waals surface area (Å²) >= 11 is 0. The van der Waals surface area contributed by atoms with Crippen LogP contribution in [0.5, 0.6) is 0 Å². The van der Waals surface area contributed by atoms with E-state index in [0.29, 0.717) is 5.92 Å². The second-order valence-electron chi connectivity index (χ2n) is 4.86. The Hall–Kier alpha value is -0.530. The van der Waals surface area contributed by atoms with E-state index in [0.717, 1.165) is 25.7 Å². The van der Waals surface area contributed by atoms with Gasteiger partial charge in [0.25, 0.3) is 0 Å². The molecule has 1 fully saturated rings. The van der Waals surface area contributed by atoms with Gasteiger partial charge in [0.05, 0.1) is 5.41 Å². The lowest BCUT2D eigenvalue weighted by Gasteiger charge is -2.35. The molecule has 0 atom stereocenters. The molecule has 1 aliphatic carbocycles. The summed E-state index contributed by atoms with van der Waals surface area (Å²) in [6, 6.07) is 0. The highest BCUT2D eigenvalue weighted by molar-refractivity contribution is 5.75. The predicted octanol–water partition coefficient (Wildman–Crippen LogP) is 3.85. The van der Waals surface area contributed by atoms with Crippen LogP contribution in [0.1, 0.15) is 65.2 Å². The van der Waals surface area contributed by atoms with Crippen LogP contribution < -0.4 is 0 Å². The fourth-order valence-electron chi connectivity index (χ4n) is 3.14. The van der Waals surface area contributed by atoms with Crippen molar-refractivity contribution >= 4 is 5.97 Å². The Morgan fingerprint density at radius 3 is 1.93 bits per heavy atom. The normalized spacial score (nSPS) is 19.9. The molecular weight excluding hydrogens is 188 g/mol. The maximum absolute atomic E-state index is 11.5. The molecule has 0 unspecified atom stereocenters. The summed E-state index contributed by atoms with van der Waals surface area (Å²) < 4.78 is 0. The number of carboxylic acid groups (broad SMARTS) is 1. The van der Waals surface area contributed by atoms with Crippen molar-refractivity contribution in [2.75, 3.05) is 0 Å². The molecule has 0 bridgehead atoms. The molecule has 1 rings (SSSR count). The third kappa shape index (κ3) is 2.53. The first-order chi connectivity index (χ1) is 7.17. The summed E-state index contributed by atoms with van der Waals surface area (Å²) in [4.78, 5) is 11.5. The highest BCUT2D eigenvalue weighted by Gasteiger charge is 2.42. The van der Waals surface area contributed by atoms with Crippen molar-refractivity contribution in [3.8, 4) is 0 Å². The number of aliphatic carboxylic acids is 1. The van der Waals surface area contributed by atoms with E-state index in [1.165, 1.54) is 25.7 Å². The molecule has 1 saturated carbocycles. The smallest absolute Gasteiger partial charge is 0.309 e. The van der Waals surface area contributed by atoms with Gasteiger partial charge in [-0.15, -0.1) is 0 Å². The molecule has 88 valence electrons. The lowest BCUT2D eigenvalue weighted by atomic mass is 9.68. The van der Waals surface area contributed by atoms with E-state index in [4.69, 9.17) is 0 Å². The number of carboxylic acids is 1. The van der Waals surface area contributed by atoms with Crippen LogP contribution in [0.25, 0.3) is 0 Å². The Morgan fingerprint density at radius 1 is 1.13 bits per heavy atom. The molecule has 0 aliphatic heterocycles. The molecule has 2 nitrogen and oxygen atoms in total. The van der Waals surface area contributed by atoms with E-state index < -0.39 is 11.4 Å². The van der Waals surface area contributed by atoms with Crippen LogP contribution >= 0.6 is 0 Å². The van der Waals surface area contributed by atoms with Gasteiger partial charge in [0.1, 0.15) is 0 Å². The third-order valence-corrected chi connectivity index (χ3v) is 4.32. The lowest BCUT2D eigenvalue weighted by molar-refractivity contribution is -0.153. The van der Waals surface area contributed by atoms with Crippen molar-refractivity contribution in [2.24, 2.45) is 11.3 Å². The number of carbonyl (C=O) groups is 1. The minimum Gasteiger partial charge on any atom is -0.481 e. The van der Waals surface area contributed by atoms with Crippen molar-refractivity contribution in [3.05, 3.63) is 0 Å². The van der Waals surface area contributed by atoms with Gasteiger partial charge >= 0.3 is 5.97 Å². The average Bonchev–Trinajstić information content (AvgIpc) is 2.49. The molecule has 0 aromatic rings. The summed E-state index contributed by atoms with van der Waals surface area (Å²) in [5, 5.41) is 9.47. The highest BCUT2D eigenvalue weighted by atomic mass is 16.4. The Balaban J connectivity index is 2.81. The lowest BCUT2D eigenvalue weighted by Crippen LogP contribution is -2.37. The fraction of sp³-hybridized carbons (Fsp3) is 0.923. The predicted molar refractivity (Wildman–Crippen MR) is 61.8 cm³/mol. The molecule has 2 heteroatoms. The topological polar surface area (TPSA) is 37.3 Å². The van der Waals surface area contributed by atoms with Crippen molar-refractivity contribution in [3.63, 3.8) is 0 Å². The highest BCUT2D eigenvalue weighted by Crippen LogP contribution is 2.43. The zero-order chi connectivity index (χ0) is 11.3. The van der Waals surface area contributed by atoms with Crippen LogP contribution in [-0.4, -0.2) is 11.1 Å². The minimum absolute atomic E-state index is 0.410. The Labute approximate surface area is 93.1 Å². The van der Waals surface area contributed by atoms with Crippen LogP contribution in [-0.2, 0) is 4.79 Å². The van der Waals surface area contributed by atoms with Crippen molar-refractivity contribution in [1.29, 1.82) is 0 Å². The van der Waals surface area contributed by atoms with E-state index in [1.54, 1.807) is 0 Å². The second kappa shape index (κ2) is 5.53. The van der Waals surface area contributed by atoms with Crippen LogP contribution in [0.4, 0.5) is 0 Å². The van der Waals surface area contributed by atoms with Gasteiger partial charge in [0, 0.05) is 0 Å². The zero-order valence-electron chi connectivity index (χ0n) is 10.1. The van der Waals surface area contributed by atoms with E-state index in [9.17, 15) is 9.90 Å². The maximum atomic E-state index is 11.5. The molecule has 0 aromatic heterocycles. The summed E-state index contributed by atoms with van der Waals surface area (Å²) in [5.41, 5.74) is -0.440. The number of hydrogen-bond donors (Lipinski definition) is 1. The molecule has 0 spiro atoms. The van der Waals surface area contributed by atoms with Crippen LogP contribution in [0.3, 0.4) is 0 Å². The maximum Gasteiger partial charge on any atom is 0.309 e. The van der Waals surface area contributed by atoms with E-state index >= 15 is 0 Å². The average molecular weight is 212 g/mol. The van der Waals surface area contributed by atoms with Gasteiger partial charge < -0.3 is 5.11 Å². The first kappa shape index (κ1) is 12.5. The van der Waals surface area contributed by atoms with Gasteiger partial charge in [-0.2, -0.15) is 0 Å². The first-order valence-electron chi connectivity index (χ1n) is 6.40. The minimum atomic E-state index is -0.570. The summed E-state index contributed by atoms with van der Waals surface area (Å²) in [7, 11) is 0. The second-order valence-corrected chi connectivity index (χ2v) is 4.86. The zero-order valence-corrected chi connectivity index (χ0v) is 10.1. The summed E-state index contributed by atoms with van der Waals surface area (Å²) in [6.45, 7) is 4.06. The van der Waals surface area contributed by atoms with E-state index in [1.807, 2.05) is 13.8 Å². The van der Waals surface area contributed by atoms with Gasteiger partial charge in [0.15, 0.2) is 0 Å². The molecule has 1 N–H and O–H groups in total. The summed E-state index contributed by atoms with van der Waals surface area (Å²) in [6.07, 6.45) is 8.83. The van der Waals surface area contributed by atoms with Crippen LogP contribution in [0.15, 0.2) is 0 Å². The van der Waals surface area contributed by atoms with Gasteiger partial charge in [-0.25, -0.2) is 0 Å². The molecule has 0 saturated heterocycles. The van der Waals surface area contributed by atoms with Gasteiger partial charge in [-0.3, -0.25) is 4.79 Å². The Morgan fingerprint density at radius 2 is 1.60 bits per heavy atom. The Bertz CT molecular complexity index is 199. The Kier molecular flexibility index (Phi) is 4.62. The van der Waals surface area contributed by atoms with Gasteiger partial charge in [0.2, 0.25) is 0 Å². The third-order valence-electron chi connectivity index (χ3n) is 4.32. The quantitative estimate of drug-likeness (QED) is 0.719. The molecular formula is C13H24O2. The number of hydrogen-bond acceptors (Lipinski definition) is 1. The van der Waals surface area contributed by atoms with Crippen LogP contribution in [0.2, 0.25) is 0 Å². The molecule has 0 aromatic carbocycles. The van der Waals surface area contributed by atoms with Crippen molar-refractivity contribution in [2.45, 2.75) is 65.2 Å². The summed E-state index contributed by atoms with van der Waals surface area (Å²) in [5.74, 6) is -0.160. The largest absolute Gasteiger partial charge is 0.481 e. The molecule has 15 heavy (non-hydrogen) atoms. The monoisotopic (exact) mass is 212 g/mol. The van der Waals surface area contributed by atoms with Crippen LogP contribution in [0, 0.1) is 11.3 Å². The molecule has 0 amide bonds. The van der Waals surface area contributed by atoms with Crippen molar-refractivity contribution in [1.82, 2.24) is 0 Å².